The largest absolute Gasteiger partial charge is 0.378 e. The molecule has 2 aliphatic heterocycles. The molecule has 2 bridgehead atoms. The lowest BCUT2D eigenvalue weighted by molar-refractivity contribution is 0.0783. The molecule has 1 unspecified atom stereocenters. The van der Waals surface area contributed by atoms with Crippen LogP contribution >= 0.6 is 0 Å². The predicted octanol–water partition coefficient (Wildman–Crippen LogP) is 2.65. The van der Waals surface area contributed by atoms with Crippen molar-refractivity contribution in [3.63, 3.8) is 0 Å². The molecule has 0 aromatic carbocycles. The van der Waals surface area contributed by atoms with Crippen LogP contribution in [0.5, 0.6) is 0 Å². The zero-order valence-corrected chi connectivity index (χ0v) is 13.8. The van der Waals surface area contributed by atoms with E-state index in [4.69, 9.17) is 9.72 Å². The Morgan fingerprint density at radius 3 is 2.76 bits per heavy atom. The average Bonchev–Trinajstić information content (AvgIpc) is 2.89. The van der Waals surface area contributed by atoms with Gasteiger partial charge in [0.15, 0.2) is 5.82 Å². The highest BCUT2D eigenvalue weighted by molar-refractivity contribution is 5.69. The second-order valence-electron chi connectivity index (χ2n) is 5.17. The topological polar surface area (TPSA) is 50.3 Å². The molecular weight excluding hydrogens is 264 g/mol. The van der Waals surface area contributed by atoms with E-state index in [2.05, 4.69) is 29.0 Å². The van der Waals surface area contributed by atoms with Gasteiger partial charge in [-0.2, -0.15) is 0 Å². The van der Waals surface area contributed by atoms with Crippen molar-refractivity contribution in [1.29, 1.82) is 0 Å². The second-order valence-corrected chi connectivity index (χ2v) is 5.17. The van der Waals surface area contributed by atoms with Gasteiger partial charge in [0.1, 0.15) is 5.82 Å². The number of hydrogen-bond acceptors (Lipinski definition) is 5. The number of rotatable bonds is 2. The van der Waals surface area contributed by atoms with Crippen LogP contribution in [0.1, 0.15) is 45.6 Å². The fourth-order valence-corrected chi connectivity index (χ4v) is 2.79. The van der Waals surface area contributed by atoms with Gasteiger partial charge in [0, 0.05) is 32.7 Å². The maximum atomic E-state index is 5.86. The zero-order valence-electron chi connectivity index (χ0n) is 13.8. The quantitative estimate of drug-likeness (QED) is 0.908. The summed E-state index contributed by atoms with van der Waals surface area (Å²) >= 11 is 0. The van der Waals surface area contributed by atoms with Crippen LogP contribution in [0.25, 0.3) is 0 Å². The molecule has 0 aliphatic carbocycles. The Labute approximate surface area is 128 Å². The molecule has 0 amide bonds. The van der Waals surface area contributed by atoms with Crippen LogP contribution in [0.4, 0.5) is 11.5 Å². The Hall–Kier alpha value is -1.36. The monoisotopic (exact) mass is 292 g/mol. The summed E-state index contributed by atoms with van der Waals surface area (Å²) in [7, 11) is 0. The molecule has 1 N–H and O–H groups in total. The van der Waals surface area contributed by atoms with Crippen molar-refractivity contribution < 1.29 is 4.74 Å². The van der Waals surface area contributed by atoms with Crippen LogP contribution in [0.3, 0.4) is 0 Å². The molecule has 5 heteroatoms. The molecule has 5 nitrogen and oxygen atoms in total. The van der Waals surface area contributed by atoms with E-state index in [-0.39, 0.29) is 6.10 Å². The van der Waals surface area contributed by atoms with Gasteiger partial charge in [-0.25, -0.2) is 9.97 Å². The number of ether oxygens (including phenoxy) is 1. The molecule has 1 aromatic heterocycles. The Kier molecular flexibility index (Phi) is 5.79. The van der Waals surface area contributed by atoms with Crippen LogP contribution in [-0.2, 0) is 17.6 Å². The first-order chi connectivity index (χ1) is 10.3. The van der Waals surface area contributed by atoms with Gasteiger partial charge in [-0.1, -0.05) is 27.7 Å². The van der Waals surface area contributed by atoms with Gasteiger partial charge in [-0.15, -0.1) is 0 Å². The molecule has 3 heterocycles. The van der Waals surface area contributed by atoms with Crippen molar-refractivity contribution >= 4 is 11.5 Å². The van der Waals surface area contributed by atoms with E-state index >= 15 is 0 Å². The van der Waals surface area contributed by atoms with Crippen LogP contribution in [0, 0.1) is 0 Å². The first-order valence-electron chi connectivity index (χ1n) is 8.32. The van der Waals surface area contributed by atoms with Crippen LogP contribution < -0.4 is 10.2 Å². The van der Waals surface area contributed by atoms with E-state index in [1.807, 2.05) is 13.8 Å². The molecule has 21 heavy (non-hydrogen) atoms. The molecule has 118 valence electrons. The molecule has 1 fully saturated rings. The molecule has 1 saturated heterocycles. The summed E-state index contributed by atoms with van der Waals surface area (Å²) < 4.78 is 5.86. The maximum Gasteiger partial charge on any atom is 0.156 e. The second kappa shape index (κ2) is 7.59. The smallest absolute Gasteiger partial charge is 0.156 e. The Morgan fingerprint density at radius 1 is 1.24 bits per heavy atom. The summed E-state index contributed by atoms with van der Waals surface area (Å²) in [6.45, 7) is 11.9. The Balaban J connectivity index is 0.000000774. The number of anilines is 2. The van der Waals surface area contributed by atoms with Crippen molar-refractivity contribution in [1.82, 2.24) is 9.97 Å². The van der Waals surface area contributed by atoms with Crippen molar-refractivity contribution in [3.8, 4) is 0 Å². The van der Waals surface area contributed by atoms with Crippen molar-refractivity contribution in [2.45, 2.75) is 53.1 Å². The highest BCUT2D eigenvalue weighted by Crippen LogP contribution is 2.31. The molecule has 0 spiro atoms. The summed E-state index contributed by atoms with van der Waals surface area (Å²) in [5, 5.41) is 3.50. The maximum absolute atomic E-state index is 5.86. The highest BCUT2D eigenvalue weighted by Gasteiger charge is 2.27. The first-order valence-corrected chi connectivity index (χ1v) is 8.32. The van der Waals surface area contributed by atoms with Gasteiger partial charge in [-0.3, -0.25) is 0 Å². The van der Waals surface area contributed by atoms with Gasteiger partial charge in [0.05, 0.1) is 17.5 Å². The SMILES string of the molecule is CC.CCc1nc(CC)c2c(n1)N1CCCOC(CN2)C1. The lowest BCUT2D eigenvalue weighted by atomic mass is 10.2. The van der Waals surface area contributed by atoms with E-state index in [0.29, 0.717) is 0 Å². The molecule has 2 aliphatic rings. The molecule has 0 radical (unpaired) electrons. The fraction of sp³-hybridized carbons (Fsp3) is 0.750. The average molecular weight is 292 g/mol. The van der Waals surface area contributed by atoms with E-state index in [1.165, 1.54) is 0 Å². The molecule has 1 atom stereocenters. The van der Waals surface area contributed by atoms with Crippen LogP contribution in [0.2, 0.25) is 0 Å². The van der Waals surface area contributed by atoms with Gasteiger partial charge < -0.3 is 15.0 Å². The summed E-state index contributed by atoms with van der Waals surface area (Å²) in [6, 6.07) is 0. The summed E-state index contributed by atoms with van der Waals surface area (Å²) in [6.07, 6.45) is 3.15. The third kappa shape index (κ3) is 3.46. The highest BCUT2D eigenvalue weighted by atomic mass is 16.5. The number of fused-ring (bicyclic) bond motifs is 4. The van der Waals surface area contributed by atoms with Gasteiger partial charge in [0.25, 0.3) is 0 Å². The van der Waals surface area contributed by atoms with Gasteiger partial charge in [-0.05, 0) is 12.8 Å². The van der Waals surface area contributed by atoms with E-state index in [9.17, 15) is 0 Å². The number of hydrogen-bond donors (Lipinski definition) is 1. The minimum absolute atomic E-state index is 0.256. The minimum atomic E-state index is 0.256. The van der Waals surface area contributed by atoms with Crippen molar-refractivity contribution in [2.75, 3.05) is 36.5 Å². The molecule has 1 aromatic rings. The number of nitrogens with zero attached hydrogens (tertiary/aromatic N) is 3. The van der Waals surface area contributed by atoms with Crippen LogP contribution in [0.15, 0.2) is 0 Å². The first kappa shape index (κ1) is 16.0. The van der Waals surface area contributed by atoms with Gasteiger partial charge >= 0.3 is 0 Å². The summed E-state index contributed by atoms with van der Waals surface area (Å²) in [5.74, 6) is 2.03. The Morgan fingerprint density at radius 2 is 2.05 bits per heavy atom. The Bertz CT molecular complexity index is 464. The van der Waals surface area contributed by atoms with Crippen molar-refractivity contribution in [2.24, 2.45) is 0 Å². The zero-order chi connectivity index (χ0) is 15.2. The summed E-state index contributed by atoms with van der Waals surface area (Å²) in [4.78, 5) is 11.8. The normalized spacial score (nSPS) is 20.4. The third-order valence-electron chi connectivity index (χ3n) is 3.82. The molecular formula is C16H28N4O. The molecule has 3 rings (SSSR count). The number of nitrogens with one attached hydrogen (secondary N) is 1. The van der Waals surface area contributed by atoms with Crippen LogP contribution in [-0.4, -0.2) is 42.3 Å². The standard InChI is InChI=1S/C14H22N4O.C2H6/c1-3-11-13-14(17-12(4-2)16-11)18-6-5-7-19-10(9-18)8-15-13;1-2/h10,15H,3-9H2,1-2H3;1-2H3. The summed E-state index contributed by atoms with van der Waals surface area (Å²) in [5.41, 5.74) is 2.25. The third-order valence-corrected chi connectivity index (χ3v) is 3.82. The number of aryl methyl sites for hydroxylation is 2. The minimum Gasteiger partial charge on any atom is -0.378 e. The molecule has 0 saturated carbocycles. The van der Waals surface area contributed by atoms with E-state index in [1.54, 1.807) is 0 Å². The van der Waals surface area contributed by atoms with E-state index < -0.39 is 0 Å². The van der Waals surface area contributed by atoms with E-state index in [0.717, 1.165) is 68.5 Å². The lowest BCUT2D eigenvalue weighted by Crippen LogP contribution is -2.33. The van der Waals surface area contributed by atoms with Gasteiger partial charge in [0.2, 0.25) is 0 Å². The number of aromatic nitrogens is 2. The fourth-order valence-electron chi connectivity index (χ4n) is 2.79. The van der Waals surface area contributed by atoms with Crippen molar-refractivity contribution in [3.05, 3.63) is 11.5 Å². The lowest BCUT2D eigenvalue weighted by Gasteiger charge is -2.23. The predicted molar refractivity (Wildman–Crippen MR) is 87.2 cm³/mol.